The number of amides is 2. The number of halogens is 1. The molecule has 0 fully saturated rings. The van der Waals surface area contributed by atoms with Crippen LogP contribution >= 0.6 is 0 Å². The van der Waals surface area contributed by atoms with E-state index in [1.54, 1.807) is 18.2 Å². The van der Waals surface area contributed by atoms with Crippen LogP contribution in [0.3, 0.4) is 0 Å². The second-order valence-corrected chi connectivity index (χ2v) is 8.88. The van der Waals surface area contributed by atoms with E-state index in [0.717, 1.165) is 22.8 Å². The van der Waals surface area contributed by atoms with Crippen LogP contribution in [0.25, 0.3) is 10.8 Å². The Labute approximate surface area is 216 Å². The largest absolute Gasteiger partial charge is 0.483 e. The molecule has 0 spiro atoms. The number of rotatable bonds is 11. The SMILES string of the molecule is CCCNC(=O)[C@H](Cc1ccccc1)N(Cc1ccccc1F)C(=O)COc1cccc2ccccc12. The molecule has 1 atom stereocenters. The molecule has 4 aromatic carbocycles. The zero-order chi connectivity index (χ0) is 26.0. The Morgan fingerprint density at radius 2 is 1.59 bits per heavy atom. The van der Waals surface area contributed by atoms with E-state index < -0.39 is 17.8 Å². The molecule has 6 heteroatoms. The lowest BCUT2D eigenvalue weighted by molar-refractivity contribution is -0.142. The van der Waals surface area contributed by atoms with Gasteiger partial charge in [0.15, 0.2) is 6.61 Å². The standard InChI is InChI=1S/C31H31FN2O3/c1-2-19-33-31(36)28(20-23-11-4-3-5-12-23)34(21-25-14-7-9-17-27(25)32)30(35)22-37-29-18-10-15-24-13-6-8-16-26(24)29/h3-18,28H,2,19-22H2,1H3,(H,33,36)/t28-/m0/s1. The first-order valence-corrected chi connectivity index (χ1v) is 12.5. The van der Waals surface area contributed by atoms with Crippen molar-refractivity contribution < 1.29 is 18.7 Å². The third kappa shape index (κ3) is 6.73. The van der Waals surface area contributed by atoms with Gasteiger partial charge in [-0.15, -0.1) is 0 Å². The van der Waals surface area contributed by atoms with Crippen molar-refractivity contribution in [3.8, 4) is 5.75 Å². The molecule has 4 aromatic rings. The molecule has 2 amide bonds. The Bertz CT molecular complexity index is 1340. The van der Waals surface area contributed by atoms with Crippen molar-refractivity contribution in [1.82, 2.24) is 10.2 Å². The third-order valence-electron chi connectivity index (χ3n) is 6.22. The van der Waals surface area contributed by atoms with Gasteiger partial charge in [-0.1, -0.05) is 91.9 Å². The number of nitrogens with zero attached hydrogens (tertiary/aromatic N) is 1. The van der Waals surface area contributed by atoms with Crippen LogP contribution in [-0.4, -0.2) is 35.9 Å². The van der Waals surface area contributed by atoms with Gasteiger partial charge in [-0.2, -0.15) is 0 Å². The van der Waals surface area contributed by atoms with Crippen LogP contribution in [0.15, 0.2) is 97.1 Å². The van der Waals surface area contributed by atoms with Gasteiger partial charge in [-0.25, -0.2) is 4.39 Å². The van der Waals surface area contributed by atoms with Crippen molar-refractivity contribution in [2.24, 2.45) is 0 Å². The molecular weight excluding hydrogens is 467 g/mol. The summed E-state index contributed by atoms with van der Waals surface area (Å²) in [4.78, 5) is 28.4. The molecule has 0 saturated carbocycles. The number of carbonyl (C=O) groups is 2. The number of nitrogens with one attached hydrogen (secondary N) is 1. The quantitative estimate of drug-likeness (QED) is 0.296. The first-order chi connectivity index (χ1) is 18.1. The van der Waals surface area contributed by atoms with Gasteiger partial charge in [0.25, 0.3) is 5.91 Å². The lowest BCUT2D eigenvalue weighted by Crippen LogP contribution is -2.52. The van der Waals surface area contributed by atoms with Crippen LogP contribution in [0.1, 0.15) is 24.5 Å². The van der Waals surface area contributed by atoms with Gasteiger partial charge in [-0.05, 0) is 29.5 Å². The molecule has 0 saturated heterocycles. The summed E-state index contributed by atoms with van der Waals surface area (Å²) in [5.41, 5.74) is 1.24. The highest BCUT2D eigenvalue weighted by atomic mass is 19.1. The Kier molecular flexibility index (Phi) is 8.87. The number of benzene rings is 4. The summed E-state index contributed by atoms with van der Waals surface area (Å²) >= 11 is 0. The van der Waals surface area contributed by atoms with Crippen LogP contribution in [0.2, 0.25) is 0 Å². The zero-order valence-corrected chi connectivity index (χ0v) is 20.9. The van der Waals surface area contributed by atoms with Crippen molar-refractivity contribution in [2.75, 3.05) is 13.2 Å². The van der Waals surface area contributed by atoms with Crippen LogP contribution < -0.4 is 10.1 Å². The van der Waals surface area contributed by atoms with Gasteiger partial charge < -0.3 is 15.0 Å². The average molecular weight is 499 g/mol. The highest BCUT2D eigenvalue weighted by Crippen LogP contribution is 2.25. The number of fused-ring (bicyclic) bond motifs is 1. The number of hydrogen-bond donors (Lipinski definition) is 1. The van der Waals surface area contributed by atoms with Gasteiger partial charge in [0.2, 0.25) is 5.91 Å². The first kappa shape index (κ1) is 25.9. The molecule has 0 unspecified atom stereocenters. The Morgan fingerprint density at radius 3 is 2.38 bits per heavy atom. The van der Waals surface area contributed by atoms with E-state index in [4.69, 9.17) is 4.74 Å². The first-order valence-electron chi connectivity index (χ1n) is 12.5. The summed E-state index contributed by atoms with van der Waals surface area (Å²) in [5.74, 6) is -0.528. The molecule has 0 heterocycles. The van der Waals surface area contributed by atoms with Crippen LogP contribution in [0, 0.1) is 5.82 Å². The molecule has 0 aromatic heterocycles. The van der Waals surface area contributed by atoms with Crippen molar-refractivity contribution in [3.05, 3.63) is 114 Å². The number of hydrogen-bond acceptors (Lipinski definition) is 3. The lowest BCUT2D eigenvalue weighted by atomic mass is 10.0. The van der Waals surface area contributed by atoms with E-state index in [1.807, 2.05) is 79.7 Å². The molecule has 0 aliphatic rings. The van der Waals surface area contributed by atoms with Gasteiger partial charge in [0, 0.05) is 30.5 Å². The zero-order valence-electron chi connectivity index (χ0n) is 20.9. The highest BCUT2D eigenvalue weighted by Gasteiger charge is 2.31. The van der Waals surface area contributed by atoms with E-state index in [1.165, 1.54) is 11.0 Å². The van der Waals surface area contributed by atoms with E-state index >= 15 is 0 Å². The predicted octanol–water partition coefficient (Wildman–Crippen LogP) is 5.52. The highest BCUT2D eigenvalue weighted by molar-refractivity contribution is 5.90. The minimum atomic E-state index is -0.836. The molecule has 5 nitrogen and oxygen atoms in total. The molecular formula is C31H31FN2O3. The van der Waals surface area contributed by atoms with E-state index in [9.17, 15) is 14.0 Å². The second kappa shape index (κ2) is 12.7. The Balaban J connectivity index is 1.64. The fourth-order valence-corrected chi connectivity index (χ4v) is 4.27. The van der Waals surface area contributed by atoms with Crippen LogP contribution in [-0.2, 0) is 22.6 Å². The number of carbonyl (C=O) groups excluding carboxylic acids is 2. The summed E-state index contributed by atoms with van der Waals surface area (Å²) in [7, 11) is 0. The third-order valence-corrected chi connectivity index (χ3v) is 6.22. The molecule has 190 valence electrons. The minimum absolute atomic E-state index is 0.0541. The maximum absolute atomic E-state index is 14.7. The fraction of sp³-hybridized carbons (Fsp3) is 0.226. The number of ether oxygens (including phenoxy) is 1. The summed E-state index contributed by atoms with van der Waals surface area (Å²) in [6.45, 7) is 2.11. The van der Waals surface area contributed by atoms with Crippen molar-refractivity contribution >= 4 is 22.6 Å². The summed E-state index contributed by atoms with van der Waals surface area (Å²) in [6.07, 6.45) is 1.06. The van der Waals surface area contributed by atoms with Crippen molar-refractivity contribution in [1.29, 1.82) is 0 Å². The van der Waals surface area contributed by atoms with Crippen molar-refractivity contribution in [2.45, 2.75) is 32.4 Å². The van der Waals surface area contributed by atoms with Gasteiger partial charge in [-0.3, -0.25) is 9.59 Å². The molecule has 0 bridgehead atoms. The molecule has 37 heavy (non-hydrogen) atoms. The molecule has 4 rings (SSSR count). The normalized spacial score (nSPS) is 11.6. The smallest absolute Gasteiger partial charge is 0.261 e. The van der Waals surface area contributed by atoms with E-state index in [-0.39, 0.29) is 19.1 Å². The Hall–Kier alpha value is -4.19. The predicted molar refractivity (Wildman–Crippen MR) is 144 cm³/mol. The maximum atomic E-state index is 14.7. The summed E-state index contributed by atoms with van der Waals surface area (Å²) in [6, 6.07) is 28.4. The second-order valence-electron chi connectivity index (χ2n) is 8.88. The maximum Gasteiger partial charge on any atom is 0.261 e. The monoisotopic (exact) mass is 498 g/mol. The van der Waals surface area contributed by atoms with Crippen LogP contribution in [0.5, 0.6) is 5.75 Å². The van der Waals surface area contributed by atoms with Gasteiger partial charge in [0.05, 0.1) is 0 Å². The van der Waals surface area contributed by atoms with Gasteiger partial charge in [0.1, 0.15) is 17.6 Å². The van der Waals surface area contributed by atoms with Gasteiger partial charge >= 0.3 is 0 Å². The molecule has 0 aliphatic carbocycles. The Morgan fingerprint density at radius 1 is 0.892 bits per heavy atom. The molecule has 0 radical (unpaired) electrons. The van der Waals surface area contributed by atoms with Crippen LogP contribution in [0.4, 0.5) is 4.39 Å². The van der Waals surface area contributed by atoms with E-state index in [2.05, 4.69) is 5.32 Å². The molecule has 0 aliphatic heterocycles. The summed E-state index contributed by atoms with van der Waals surface area (Å²) < 4.78 is 20.6. The molecule has 1 N–H and O–H groups in total. The lowest BCUT2D eigenvalue weighted by Gasteiger charge is -2.31. The van der Waals surface area contributed by atoms with E-state index in [0.29, 0.717) is 24.3 Å². The fourth-order valence-electron chi connectivity index (χ4n) is 4.27. The van der Waals surface area contributed by atoms with Crippen molar-refractivity contribution in [3.63, 3.8) is 0 Å². The average Bonchev–Trinajstić information content (AvgIpc) is 2.93. The summed E-state index contributed by atoms with van der Waals surface area (Å²) in [5, 5.41) is 4.80. The minimum Gasteiger partial charge on any atom is -0.483 e. The topological polar surface area (TPSA) is 58.6 Å².